The molecule has 0 radical (unpaired) electrons. The lowest BCUT2D eigenvalue weighted by Crippen LogP contribution is -2.55. The maximum Gasteiger partial charge on any atom is 0.239 e. The van der Waals surface area contributed by atoms with Crippen molar-refractivity contribution in [3.05, 3.63) is 65.7 Å². The zero-order valence-electron chi connectivity index (χ0n) is 19.1. The van der Waals surface area contributed by atoms with Crippen LogP contribution in [-0.2, 0) is 22.4 Å². The Bertz CT molecular complexity index is 820. The average molecular weight is 426 g/mol. The van der Waals surface area contributed by atoms with Crippen LogP contribution in [0.25, 0.3) is 0 Å². The van der Waals surface area contributed by atoms with Crippen LogP contribution in [-0.4, -0.2) is 36.2 Å². The van der Waals surface area contributed by atoms with Gasteiger partial charge in [-0.1, -0.05) is 56.3 Å². The van der Waals surface area contributed by atoms with Gasteiger partial charge in [0, 0.05) is 19.4 Å². The lowest BCUT2D eigenvalue weighted by Gasteiger charge is -2.25. The van der Waals surface area contributed by atoms with E-state index in [9.17, 15) is 9.59 Å². The number of hydrogen-bond acceptors (Lipinski definition) is 4. The second kappa shape index (κ2) is 12.1. The molecule has 0 saturated carbocycles. The first-order chi connectivity index (χ1) is 14.7. The van der Waals surface area contributed by atoms with Crippen LogP contribution in [0.2, 0.25) is 0 Å². The summed E-state index contributed by atoms with van der Waals surface area (Å²) >= 11 is 0. The van der Waals surface area contributed by atoms with Gasteiger partial charge in [-0.15, -0.1) is 0 Å². The van der Waals surface area contributed by atoms with Crippen molar-refractivity contribution in [1.82, 2.24) is 16.0 Å². The molecule has 0 saturated heterocycles. The Morgan fingerprint density at radius 2 is 1.45 bits per heavy atom. The molecule has 0 aliphatic heterocycles. The third kappa shape index (κ3) is 9.22. The predicted octanol–water partition coefficient (Wildman–Crippen LogP) is 3.20. The molecule has 0 bridgehead atoms. The van der Waals surface area contributed by atoms with Gasteiger partial charge in [0.05, 0.1) is 12.1 Å². The molecule has 2 aromatic carbocycles. The average Bonchev–Trinajstić information content (AvgIpc) is 2.68. The molecule has 2 atom stereocenters. The summed E-state index contributed by atoms with van der Waals surface area (Å²) in [4.78, 5) is 24.8. The third-order valence-electron chi connectivity index (χ3n) is 4.56. The summed E-state index contributed by atoms with van der Waals surface area (Å²) in [5.74, 6) is 0.459. The van der Waals surface area contributed by atoms with E-state index in [1.807, 2.05) is 82.3 Å². The molecule has 6 heteroatoms. The number of carbonyl (C=O) groups excluding carboxylic acids is 2. The molecule has 3 N–H and O–H groups in total. The fourth-order valence-corrected chi connectivity index (χ4v) is 3.35. The van der Waals surface area contributed by atoms with Crippen LogP contribution in [0.15, 0.2) is 54.6 Å². The molecule has 6 nitrogen and oxygen atoms in total. The zero-order chi connectivity index (χ0) is 22.8. The van der Waals surface area contributed by atoms with Gasteiger partial charge in [-0.25, -0.2) is 0 Å². The van der Waals surface area contributed by atoms with E-state index in [0.29, 0.717) is 12.8 Å². The molecule has 0 unspecified atom stereocenters. The second-order valence-electron chi connectivity index (χ2n) is 8.34. The maximum absolute atomic E-state index is 13.1. The van der Waals surface area contributed by atoms with Gasteiger partial charge in [-0.2, -0.15) is 0 Å². The van der Waals surface area contributed by atoms with Crippen LogP contribution in [0.5, 0.6) is 5.75 Å². The molecule has 0 fully saturated rings. The Morgan fingerprint density at radius 3 is 2.00 bits per heavy atom. The molecule has 0 aliphatic carbocycles. The zero-order valence-corrected chi connectivity index (χ0v) is 19.1. The Kier molecular flexibility index (Phi) is 9.53. The minimum Gasteiger partial charge on any atom is -0.491 e. The number of ether oxygens (including phenoxy) is 1. The first kappa shape index (κ1) is 24.4. The quantitative estimate of drug-likeness (QED) is 0.483. The van der Waals surface area contributed by atoms with E-state index in [-0.39, 0.29) is 24.0 Å². The molecular weight excluding hydrogens is 390 g/mol. The topological polar surface area (TPSA) is 79.5 Å². The molecule has 168 valence electrons. The van der Waals surface area contributed by atoms with Crippen molar-refractivity contribution < 1.29 is 14.3 Å². The fraction of sp³-hybridized carbons (Fsp3) is 0.440. The van der Waals surface area contributed by atoms with Crippen LogP contribution in [0.4, 0.5) is 0 Å². The first-order valence-corrected chi connectivity index (χ1v) is 10.9. The number of amides is 2. The summed E-state index contributed by atoms with van der Waals surface area (Å²) in [5.41, 5.74) is 2.07. The van der Waals surface area contributed by atoms with Gasteiger partial charge in [-0.05, 0) is 43.5 Å². The Balaban J connectivity index is 2.09. The molecule has 31 heavy (non-hydrogen) atoms. The van der Waals surface area contributed by atoms with Crippen molar-refractivity contribution in [3.8, 4) is 5.75 Å². The maximum atomic E-state index is 13.1. The van der Waals surface area contributed by atoms with Gasteiger partial charge in [0.1, 0.15) is 11.9 Å². The van der Waals surface area contributed by atoms with Crippen LogP contribution in [0, 0.1) is 0 Å². The molecule has 2 aromatic rings. The molecule has 0 aliphatic rings. The number of nitrogens with one attached hydrogen (secondary N) is 3. The van der Waals surface area contributed by atoms with Crippen LogP contribution in [0.3, 0.4) is 0 Å². The summed E-state index contributed by atoms with van der Waals surface area (Å²) in [6.07, 6.45) is 0.646. The van der Waals surface area contributed by atoms with Crippen molar-refractivity contribution in [1.29, 1.82) is 0 Å². The standard InChI is InChI=1S/C25H35N3O3/c1-17(2)26-23(15-20-9-7-6-8-10-20)25(30)28-24(27-19(5)29)16-21-11-13-22(14-12-21)31-18(3)4/h6-14,17-18,23-24,26H,15-16H2,1-5H3,(H,27,29)(H,28,30)/t23-,24-/m0/s1. The van der Waals surface area contributed by atoms with E-state index < -0.39 is 12.2 Å². The molecule has 0 heterocycles. The highest BCUT2D eigenvalue weighted by Crippen LogP contribution is 2.15. The monoisotopic (exact) mass is 425 g/mol. The van der Waals surface area contributed by atoms with Gasteiger partial charge < -0.3 is 20.7 Å². The highest BCUT2D eigenvalue weighted by atomic mass is 16.5. The summed E-state index contributed by atoms with van der Waals surface area (Å²) in [7, 11) is 0. The molecule has 0 aromatic heterocycles. The van der Waals surface area contributed by atoms with E-state index >= 15 is 0 Å². The van der Waals surface area contributed by atoms with Gasteiger partial charge in [0.25, 0.3) is 0 Å². The highest BCUT2D eigenvalue weighted by molar-refractivity contribution is 5.83. The lowest BCUT2D eigenvalue weighted by atomic mass is 10.0. The van der Waals surface area contributed by atoms with Crippen LogP contribution in [0.1, 0.15) is 45.7 Å². The Morgan fingerprint density at radius 1 is 0.839 bits per heavy atom. The summed E-state index contributed by atoms with van der Waals surface area (Å²) in [6.45, 7) is 9.43. The van der Waals surface area contributed by atoms with E-state index in [4.69, 9.17) is 4.74 Å². The van der Waals surface area contributed by atoms with Crippen molar-refractivity contribution in [3.63, 3.8) is 0 Å². The minimum atomic E-state index is -0.505. The van der Waals surface area contributed by atoms with E-state index in [1.165, 1.54) is 6.92 Å². The van der Waals surface area contributed by atoms with Crippen LogP contribution >= 0.6 is 0 Å². The molecule has 2 rings (SSSR count). The second-order valence-corrected chi connectivity index (χ2v) is 8.34. The number of benzene rings is 2. The lowest BCUT2D eigenvalue weighted by molar-refractivity contribution is -0.125. The summed E-state index contributed by atoms with van der Waals surface area (Å²) < 4.78 is 5.68. The van der Waals surface area contributed by atoms with Crippen molar-refractivity contribution >= 4 is 11.8 Å². The number of hydrogen-bond donors (Lipinski definition) is 3. The Labute approximate surface area is 185 Å². The number of rotatable bonds is 11. The Hall–Kier alpha value is -2.86. The predicted molar refractivity (Wildman–Crippen MR) is 124 cm³/mol. The first-order valence-electron chi connectivity index (χ1n) is 10.9. The number of carbonyl (C=O) groups is 2. The molecule has 2 amide bonds. The van der Waals surface area contributed by atoms with E-state index in [0.717, 1.165) is 16.9 Å². The van der Waals surface area contributed by atoms with Gasteiger partial charge >= 0.3 is 0 Å². The summed E-state index contributed by atoms with van der Waals surface area (Å²) in [6, 6.07) is 17.4. The minimum absolute atomic E-state index is 0.104. The van der Waals surface area contributed by atoms with Crippen LogP contribution < -0.4 is 20.7 Å². The molecule has 0 spiro atoms. The summed E-state index contributed by atoms with van der Waals surface area (Å²) in [5, 5.41) is 9.19. The highest BCUT2D eigenvalue weighted by Gasteiger charge is 2.23. The fourth-order valence-electron chi connectivity index (χ4n) is 3.35. The van der Waals surface area contributed by atoms with Crippen molar-refractivity contribution in [2.45, 2.75) is 71.8 Å². The third-order valence-corrected chi connectivity index (χ3v) is 4.56. The van der Waals surface area contributed by atoms with E-state index in [2.05, 4.69) is 16.0 Å². The normalized spacial score (nSPS) is 13.0. The molecular formula is C25H35N3O3. The SMILES string of the molecule is CC(=O)N[C@H](Cc1ccc(OC(C)C)cc1)NC(=O)[C@H](Cc1ccccc1)NC(C)C. The largest absolute Gasteiger partial charge is 0.491 e. The van der Waals surface area contributed by atoms with Gasteiger partial charge in [0.15, 0.2) is 0 Å². The smallest absolute Gasteiger partial charge is 0.239 e. The van der Waals surface area contributed by atoms with Crippen molar-refractivity contribution in [2.75, 3.05) is 0 Å². The van der Waals surface area contributed by atoms with E-state index in [1.54, 1.807) is 0 Å². The van der Waals surface area contributed by atoms with Gasteiger partial charge in [0.2, 0.25) is 11.8 Å². The van der Waals surface area contributed by atoms with Crippen molar-refractivity contribution in [2.24, 2.45) is 0 Å². The van der Waals surface area contributed by atoms with Gasteiger partial charge in [-0.3, -0.25) is 9.59 Å².